The van der Waals surface area contributed by atoms with Crippen molar-refractivity contribution in [3.63, 3.8) is 0 Å². The van der Waals surface area contributed by atoms with Gasteiger partial charge in [0.2, 0.25) is 5.91 Å². The maximum Gasteiger partial charge on any atom is 0.227 e. The largest absolute Gasteiger partial charge is 0.340 e. The summed E-state index contributed by atoms with van der Waals surface area (Å²) in [4.78, 5) is 21.4. The van der Waals surface area contributed by atoms with Crippen LogP contribution in [0.5, 0.6) is 0 Å². The summed E-state index contributed by atoms with van der Waals surface area (Å²) in [6.45, 7) is 5.66. The number of piperazine rings is 1. The molecular weight excluding hydrogens is 334 g/mol. The Morgan fingerprint density at radius 3 is 2.56 bits per heavy atom. The number of carbonyl (C=O) groups excluding carboxylic acids is 1. The Hall–Kier alpha value is -2.72. The van der Waals surface area contributed by atoms with Crippen molar-refractivity contribution in [2.75, 3.05) is 33.2 Å². The van der Waals surface area contributed by atoms with Gasteiger partial charge >= 0.3 is 0 Å². The van der Waals surface area contributed by atoms with E-state index < -0.39 is 0 Å². The molecule has 0 spiro atoms. The quantitative estimate of drug-likeness (QED) is 0.718. The van der Waals surface area contributed by atoms with Crippen molar-refractivity contribution >= 4 is 16.8 Å². The van der Waals surface area contributed by atoms with E-state index in [-0.39, 0.29) is 5.91 Å². The number of rotatable bonds is 3. The minimum atomic E-state index is 0.206. The number of hydrogen-bond donors (Lipinski definition) is 0. The van der Waals surface area contributed by atoms with Gasteiger partial charge in [0, 0.05) is 37.8 Å². The number of aryl methyl sites for hydroxylation is 1. The van der Waals surface area contributed by atoms with Crippen LogP contribution in [0.2, 0.25) is 0 Å². The van der Waals surface area contributed by atoms with Crippen molar-refractivity contribution in [1.29, 1.82) is 0 Å². The molecule has 2 heterocycles. The molecule has 0 atom stereocenters. The molecule has 0 saturated carbocycles. The lowest BCUT2D eigenvalue weighted by molar-refractivity contribution is -0.132. The second kappa shape index (κ2) is 7.49. The molecular formula is C23H25N3O. The van der Waals surface area contributed by atoms with Gasteiger partial charge in [-0.15, -0.1) is 0 Å². The predicted molar refractivity (Wildman–Crippen MR) is 110 cm³/mol. The van der Waals surface area contributed by atoms with Crippen molar-refractivity contribution in [2.24, 2.45) is 0 Å². The van der Waals surface area contributed by atoms with Crippen LogP contribution in [0, 0.1) is 6.92 Å². The van der Waals surface area contributed by atoms with Gasteiger partial charge in [-0.2, -0.15) is 0 Å². The Kier molecular flexibility index (Phi) is 4.90. The maximum atomic E-state index is 12.6. The molecule has 1 saturated heterocycles. The first-order chi connectivity index (χ1) is 13.1. The third-order valence-corrected chi connectivity index (χ3v) is 5.45. The fourth-order valence-corrected chi connectivity index (χ4v) is 3.76. The zero-order valence-electron chi connectivity index (χ0n) is 16.0. The van der Waals surface area contributed by atoms with Gasteiger partial charge < -0.3 is 9.80 Å². The Morgan fingerprint density at radius 2 is 1.78 bits per heavy atom. The number of carbonyl (C=O) groups is 1. The second-order valence-corrected chi connectivity index (χ2v) is 7.39. The molecule has 1 aliphatic rings. The molecule has 4 nitrogen and oxygen atoms in total. The molecule has 3 aromatic rings. The van der Waals surface area contributed by atoms with Crippen molar-refractivity contribution in [3.8, 4) is 11.1 Å². The number of hydrogen-bond acceptors (Lipinski definition) is 3. The van der Waals surface area contributed by atoms with Crippen LogP contribution >= 0.6 is 0 Å². The van der Waals surface area contributed by atoms with Crippen LogP contribution in [0.25, 0.3) is 22.0 Å². The van der Waals surface area contributed by atoms with Gasteiger partial charge in [0.05, 0.1) is 11.9 Å². The van der Waals surface area contributed by atoms with E-state index in [2.05, 4.69) is 72.4 Å². The highest BCUT2D eigenvalue weighted by Crippen LogP contribution is 2.30. The van der Waals surface area contributed by atoms with Crippen LogP contribution in [0.4, 0.5) is 0 Å². The van der Waals surface area contributed by atoms with Gasteiger partial charge in [-0.05, 0) is 48.4 Å². The molecule has 1 fully saturated rings. The molecule has 0 radical (unpaired) electrons. The Balaban J connectivity index is 1.60. The van der Waals surface area contributed by atoms with E-state index in [1.807, 2.05) is 11.1 Å². The lowest BCUT2D eigenvalue weighted by Gasteiger charge is -2.32. The molecule has 4 heteroatoms. The average molecular weight is 359 g/mol. The predicted octanol–water partition coefficient (Wildman–Crippen LogP) is 3.53. The number of pyridine rings is 1. The first-order valence-electron chi connectivity index (χ1n) is 9.52. The van der Waals surface area contributed by atoms with Gasteiger partial charge in [0.15, 0.2) is 0 Å². The van der Waals surface area contributed by atoms with Crippen molar-refractivity contribution in [2.45, 2.75) is 13.3 Å². The van der Waals surface area contributed by atoms with Gasteiger partial charge in [-0.1, -0.05) is 36.4 Å². The smallest absolute Gasteiger partial charge is 0.227 e. The number of aromatic nitrogens is 1. The first-order valence-corrected chi connectivity index (χ1v) is 9.52. The summed E-state index contributed by atoms with van der Waals surface area (Å²) in [7, 11) is 2.10. The minimum Gasteiger partial charge on any atom is -0.340 e. The minimum absolute atomic E-state index is 0.206. The standard InChI is InChI=1S/C23H25N3O/c1-17-5-3-4-6-19(17)20-9-10-24-22-15-18(7-8-21(20)22)16-23(27)26-13-11-25(2)12-14-26/h3-10,15H,11-14,16H2,1-2H3. The Morgan fingerprint density at radius 1 is 1.00 bits per heavy atom. The summed E-state index contributed by atoms with van der Waals surface area (Å²) < 4.78 is 0. The Bertz CT molecular complexity index is 974. The summed E-state index contributed by atoms with van der Waals surface area (Å²) in [6, 6.07) is 16.7. The van der Waals surface area contributed by atoms with Crippen molar-refractivity contribution < 1.29 is 4.79 Å². The summed E-state index contributed by atoms with van der Waals surface area (Å²) >= 11 is 0. The van der Waals surface area contributed by atoms with Crippen LogP contribution in [0.15, 0.2) is 54.7 Å². The zero-order chi connectivity index (χ0) is 18.8. The van der Waals surface area contributed by atoms with E-state index in [0.29, 0.717) is 6.42 Å². The second-order valence-electron chi connectivity index (χ2n) is 7.39. The van der Waals surface area contributed by atoms with E-state index in [0.717, 1.165) is 42.6 Å². The van der Waals surface area contributed by atoms with E-state index in [9.17, 15) is 4.79 Å². The lowest BCUT2D eigenvalue weighted by Crippen LogP contribution is -2.47. The number of amides is 1. The number of fused-ring (bicyclic) bond motifs is 1. The van der Waals surface area contributed by atoms with Gasteiger partial charge in [0.25, 0.3) is 0 Å². The van der Waals surface area contributed by atoms with Crippen molar-refractivity contribution in [3.05, 3.63) is 65.9 Å². The van der Waals surface area contributed by atoms with Crippen LogP contribution in [0.1, 0.15) is 11.1 Å². The summed E-state index contributed by atoms with van der Waals surface area (Å²) in [5, 5.41) is 1.13. The molecule has 1 aromatic heterocycles. The molecule has 0 bridgehead atoms. The normalized spacial score (nSPS) is 15.3. The third-order valence-electron chi connectivity index (χ3n) is 5.45. The van der Waals surface area contributed by atoms with E-state index in [4.69, 9.17) is 0 Å². The SMILES string of the molecule is Cc1ccccc1-c1ccnc2cc(CC(=O)N3CCN(C)CC3)ccc12. The average Bonchev–Trinajstić information content (AvgIpc) is 2.68. The van der Waals surface area contributed by atoms with Crippen LogP contribution in [-0.4, -0.2) is 53.9 Å². The molecule has 1 aliphatic heterocycles. The Labute approximate surface area is 160 Å². The van der Waals surface area contributed by atoms with Crippen LogP contribution < -0.4 is 0 Å². The van der Waals surface area contributed by atoms with E-state index >= 15 is 0 Å². The molecule has 4 rings (SSSR count). The topological polar surface area (TPSA) is 36.4 Å². The fourth-order valence-electron chi connectivity index (χ4n) is 3.76. The highest BCUT2D eigenvalue weighted by Gasteiger charge is 2.19. The highest BCUT2D eigenvalue weighted by molar-refractivity contribution is 5.95. The summed E-state index contributed by atoms with van der Waals surface area (Å²) in [6.07, 6.45) is 2.30. The van der Waals surface area contributed by atoms with E-state index in [1.54, 1.807) is 0 Å². The van der Waals surface area contributed by atoms with Gasteiger partial charge in [-0.3, -0.25) is 9.78 Å². The number of likely N-dealkylation sites (N-methyl/N-ethyl adjacent to an activating group) is 1. The molecule has 1 amide bonds. The summed E-state index contributed by atoms with van der Waals surface area (Å²) in [5.74, 6) is 0.206. The van der Waals surface area contributed by atoms with Gasteiger partial charge in [0.1, 0.15) is 0 Å². The zero-order valence-corrected chi connectivity index (χ0v) is 16.0. The number of nitrogens with zero attached hydrogens (tertiary/aromatic N) is 3. The van der Waals surface area contributed by atoms with Gasteiger partial charge in [-0.25, -0.2) is 0 Å². The van der Waals surface area contributed by atoms with Crippen molar-refractivity contribution in [1.82, 2.24) is 14.8 Å². The molecule has 27 heavy (non-hydrogen) atoms. The molecule has 138 valence electrons. The van der Waals surface area contributed by atoms with E-state index in [1.165, 1.54) is 16.7 Å². The first kappa shape index (κ1) is 17.7. The maximum absolute atomic E-state index is 12.6. The molecule has 2 aromatic carbocycles. The number of benzene rings is 2. The summed E-state index contributed by atoms with van der Waals surface area (Å²) in [5.41, 5.74) is 5.64. The highest BCUT2D eigenvalue weighted by atomic mass is 16.2. The van der Waals surface area contributed by atoms with Crippen LogP contribution in [0.3, 0.4) is 0 Å². The fraction of sp³-hybridized carbons (Fsp3) is 0.304. The third kappa shape index (κ3) is 3.71. The van der Waals surface area contributed by atoms with Crippen LogP contribution in [-0.2, 0) is 11.2 Å². The lowest BCUT2D eigenvalue weighted by atomic mass is 9.96. The monoisotopic (exact) mass is 359 g/mol. The molecule has 0 unspecified atom stereocenters. The molecule has 0 aliphatic carbocycles. The molecule has 0 N–H and O–H groups in total.